The fraction of sp³-hybridized carbons (Fsp3) is 0.364. The Kier molecular flexibility index (Phi) is 5.40. The number of aromatic nitrogens is 4. The normalized spacial score (nSPS) is 18.7. The van der Waals surface area contributed by atoms with Crippen LogP contribution < -0.4 is 5.32 Å². The van der Waals surface area contributed by atoms with Gasteiger partial charge in [-0.15, -0.1) is 5.10 Å². The minimum Gasteiger partial charge on any atom is -0.391 e. The van der Waals surface area contributed by atoms with Crippen molar-refractivity contribution in [1.82, 2.24) is 25.5 Å². The van der Waals surface area contributed by atoms with Crippen molar-refractivity contribution in [3.63, 3.8) is 0 Å². The average molecular weight is 391 g/mol. The van der Waals surface area contributed by atoms with Crippen LogP contribution in [0.1, 0.15) is 47.9 Å². The minimum atomic E-state index is -0.482. The maximum Gasteiger partial charge on any atom is 0.251 e. The first-order chi connectivity index (χ1) is 14.0. The zero-order valence-electron chi connectivity index (χ0n) is 16.7. The Balaban J connectivity index is 1.75. The Morgan fingerprint density at radius 3 is 2.66 bits per heavy atom. The van der Waals surface area contributed by atoms with Crippen LogP contribution in [0.4, 0.5) is 0 Å². The molecule has 1 saturated carbocycles. The summed E-state index contributed by atoms with van der Waals surface area (Å²) < 4.78 is 1.67. The number of aliphatic hydroxyl groups is 1. The molecule has 0 radical (unpaired) electrons. The molecule has 150 valence electrons. The van der Waals surface area contributed by atoms with Gasteiger partial charge in [-0.25, -0.2) is 0 Å². The first kappa shape index (κ1) is 19.3. The SMILES string of the molecule is CCc1nnnn1-c1cc(C(=O)N[C@@H]2CCC[C@@H]2O)cc(-c2ccc(C)cc2)c1. The summed E-state index contributed by atoms with van der Waals surface area (Å²) in [5.41, 5.74) is 4.36. The van der Waals surface area contributed by atoms with Gasteiger partial charge in [0.15, 0.2) is 5.82 Å². The predicted octanol–water partition coefficient (Wildman–Crippen LogP) is 2.84. The van der Waals surface area contributed by atoms with Gasteiger partial charge in [-0.05, 0) is 65.9 Å². The molecule has 0 unspecified atom stereocenters. The minimum absolute atomic E-state index is 0.197. The molecule has 7 heteroatoms. The summed E-state index contributed by atoms with van der Waals surface area (Å²) in [5, 5.41) is 25.0. The molecule has 3 aromatic rings. The van der Waals surface area contributed by atoms with E-state index in [0.717, 1.165) is 41.9 Å². The molecule has 0 aliphatic heterocycles. The number of hydrogen-bond donors (Lipinski definition) is 2. The van der Waals surface area contributed by atoms with Crippen LogP contribution in [-0.4, -0.2) is 43.4 Å². The molecule has 1 aliphatic carbocycles. The maximum absolute atomic E-state index is 13.0. The molecular formula is C22H25N5O2. The number of hydrogen-bond acceptors (Lipinski definition) is 5. The quantitative estimate of drug-likeness (QED) is 0.698. The molecule has 0 bridgehead atoms. The van der Waals surface area contributed by atoms with Gasteiger partial charge in [-0.2, -0.15) is 4.68 Å². The Morgan fingerprint density at radius 1 is 1.17 bits per heavy atom. The number of rotatable bonds is 5. The van der Waals surface area contributed by atoms with Crippen molar-refractivity contribution in [2.45, 2.75) is 51.7 Å². The second kappa shape index (κ2) is 8.13. The van der Waals surface area contributed by atoms with Gasteiger partial charge >= 0.3 is 0 Å². The second-order valence-electron chi connectivity index (χ2n) is 7.57. The van der Waals surface area contributed by atoms with E-state index in [2.05, 4.69) is 20.8 Å². The molecule has 2 aromatic carbocycles. The van der Waals surface area contributed by atoms with E-state index in [1.165, 1.54) is 5.56 Å². The fourth-order valence-electron chi connectivity index (χ4n) is 3.76. The van der Waals surface area contributed by atoms with Crippen LogP contribution in [0.5, 0.6) is 0 Å². The van der Waals surface area contributed by atoms with E-state index in [9.17, 15) is 9.90 Å². The number of amides is 1. The monoisotopic (exact) mass is 391 g/mol. The highest BCUT2D eigenvalue weighted by atomic mass is 16.3. The summed E-state index contributed by atoms with van der Waals surface area (Å²) in [6.45, 7) is 4.03. The number of carbonyl (C=O) groups excluding carboxylic acids is 1. The molecule has 2 N–H and O–H groups in total. The van der Waals surface area contributed by atoms with E-state index >= 15 is 0 Å². The summed E-state index contributed by atoms with van der Waals surface area (Å²) in [6, 6.07) is 13.6. The largest absolute Gasteiger partial charge is 0.391 e. The zero-order valence-corrected chi connectivity index (χ0v) is 16.7. The highest BCUT2D eigenvalue weighted by molar-refractivity contribution is 5.96. The second-order valence-corrected chi connectivity index (χ2v) is 7.57. The van der Waals surface area contributed by atoms with E-state index in [-0.39, 0.29) is 11.9 Å². The predicted molar refractivity (Wildman–Crippen MR) is 110 cm³/mol. The lowest BCUT2D eigenvalue weighted by Crippen LogP contribution is -2.39. The molecule has 1 aromatic heterocycles. The van der Waals surface area contributed by atoms with Crippen LogP contribution >= 0.6 is 0 Å². The average Bonchev–Trinajstić information content (AvgIpc) is 3.37. The van der Waals surface area contributed by atoms with Gasteiger partial charge in [0.2, 0.25) is 0 Å². The van der Waals surface area contributed by atoms with Gasteiger partial charge in [0, 0.05) is 12.0 Å². The fourth-order valence-corrected chi connectivity index (χ4v) is 3.76. The summed E-state index contributed by atoms with van der Waals surface area (Å²) in [5.74, 6) is 0.529. The molecular weight excluding hydrogens is 366 g/mol. The molecule has 1 amide bonds. The van der Waals surface area contributed by atoms with E-state index in [1.807, 2.05) is 50.2 Å². The van der Waals surface area contributed by atoms with Gasteiger partial charge in [0.1, 0.15) is 0 Å². The number of tetrazole rings is 1. The highest BCUT2D eigenvalue weighted by Gasteiger charge is 2.27. The first-order valence-corrected chi connectivity index (χ1v) is 10.0. The number of carbonyl (C=O) groups is 1. The molecule has 2 atom stereocenters. The number of benzene rings is 2. The lowest BCUT2D eigenvalue weighted by molar-refractivity contribution is 0.0873. The lowest BCUT2D eigenvalue weighted by Gasteiger charge is -2.17. The van der Waals surface area contributed by atoms with Crippen molar-refractivity contribution >= 4 is 5.91 Å². The third kappa shape index (κ3) is 4.05. The third-order valence-electron chi connectivity index (χ3n) is 5.46. The number of aryl methyl sites for hydroxylation is 2. The maximum atomic E-state index is 13.0. The van der Waals surface area contributed by atoms with Gasteiger partial charge in [-0.1, -0.05) is 36.8 Å². The van der Waals surface area contributed by atoms with Crippen LogP contribution in [0.3, 0.4) is 0 Å². The van der Waals surface area contributed by atoms with E-state index < -0.39 is 6.10 Å². The van der Waals surface area contributed by atoms with Crippen molar-refractivity contribution in [1.29, 1.82) is 0 Å². The smallest absolute Gasteiger partial charge is 0.251 e. The summed E-state index contributed by atoms with van der Waals surface area (Å²) >= 11 is 0. The van der Waals surface area contributed by atoms with Crippen molar-refractivity contribution in [2.24, 2.45) is 0 Å². The number of nitrogens with one attached hydrogen (secondary N) is 1. The molecule has 1 heterocycles. The van der Waals surface area contributed by atoms with Gasteiger partial charge < -0.3 is 10.4 Å². The molecule has 0 saturated heterocycles. The standard InChI is InChI=1S/C22H25N5O2/c1-3-21-24-25-26-27(21)18-12-16(15-9-7-14(2)8-10-15)11-17(13-18)22(29)23-19-5-4-6-20(19)28/h7-13,19-20,28H,3-6H2,1-2H3,(H,23,29)/t19-,20+/m1/s1. The molecule has 1 aliphatic rings. The van der Waals surface area contributed by atoms with Crippen LogP contribution in [0.2, 0.25) is 0 Å². The van der Waals surface area contributed by atoms with Gasteiger partial charge in [0.05, 0.1) is 17.8 Å². The molecule has 29 heavy (non-hydrogen) atoms. The Bertz CT molecular complexity index is 1010. The van der Waals surface area contributed by atoms with E-state index in [4.69, 9.17) is 0 Å². The van der Waals surface area contributed by atoms with Gasteiger partial charge in [-0.3, -0.25) is 4.79 Å². The van der Waals surface area contributed by atoms with Crippen LogP contribution in [0, 0.1) is 6.92 Å². The van der Waals surface area contributed by atoms with Crippen molar-refractivity contribution < 1.29 is 9.90 Å². The molecule has 4 rings (SSSR count). The molecule has 0 spiro atoms. The molecule has 7 nitrogen and oxygen atoms in total. The van der Waals surface area contributed by atoms with Crippen LogP contribution in [-0.2, 0) is 6.42 Å². The van der Waals surface area contributed by atoms with Crippen molar-refractivity contribution in [2.75, 3.05) is 0 Å². The van der Waals surface area contributed by atoms with Gasteiger partial charge in [0.25, 0.3) is 5.91 Å². The van der Waals surface area contributed by atoms with E-state index in [0.29, 0.717) is 12.0 Å². The van der Waals surface area contributed by atoms with Crippen LogP contribution in [0.15, 0.2) is 42.5 Å². The highest BCUT2D eigenvalue weighted by Crippen LogP contribution is 2.26. The topological polar surface area (TPSA) is 92.9 Å². The first-order valence-electron chi connectivity index (χ1n) is 10.0. The Hall–Kier alpha value is -3.06. The van der Waals surface area contributed by atoms with E-state index in [1.54, 1.807) is 10.7 Å². The van der Waals surface area contributed by atoms with Crippen molar-refractivity contribution in [3.8, 4) is 16.8 Å². The lowest BCUT2D eigenvalue weighted by atomic mass is 10.00. The van der Waals surface area contributed by atoms with Crippen LogP contribution in [0.25, 0.3) is 16.8 Å². The number of nitrogens with zero attached hydrogens (tertiary/aromatic N) is 4. The number of aliphatic hydroxyl groups excluding tert-OH is 1. The Labute approximate surface area is 169 Å². The summed E-state index contributed by atoms with van der Waals surface area (Å²) in [7, 11) is 0. The van der Waals surface area contributed by atoms with Crippen molar-refractivity contribution in [3.05, 3.63) is 59.4 Å². The summed E-state index contributed by atoms with van der Waals surface area (Å²) in [4.78, 5) is 13.0. The summed E-state index contributed by atoms with van der Waals surface area (Å²) in [6.07, 6.45) is 2.64. The molecule has 1 fully saturated rings. The Morgan fingerprint density at radius 2 is 1.97 bits per heavy atom. The zero-order chi connectivity index (χ0) is 20.4. The third-order valence-corrected chi connectivity index (χ3v) is 5.46.